The van der Waals surface area contributed by atoms with Crippen LogP contribution in [0.25, 0.3) is 10.7 Å². The summed E-state index contributed by atoms with van der Waals surface area (Å²) in [6, 6.07) is 12.1. The van der Waals surface area contributed by atoms with Crippen LogP contribution in [0.3, 0.4) is 0 Å². The van der Waals surface area contributed by atoms with Crippen molar-refractivity contribution < 1.29 is 14.1 Å². The Morgan fingerprint density at radius 1 is 1.28 bits per heavy atom. The number of amides is 3. The molecule has 0 radical (unpaired) electrons. The molecular formula is C20H17N5O3S. The lowest BCUT2D eigenvalue weighted by Gasteiger charge is -2.22. The molecule has 1 saturated heterocycles. The fourth-order valence-corrected chi connectivity index (χ4v) is 3.87. The van der Waals surface area contributed by atoms with Gasteiger partial charge in [-0.05, 0) is 42.5 Å². The second kappa shape index (κ2) is 7.48. The van der Waals surface area contributed by atoms with Gasteiger partial charge in [0.2, 0.25) is 11.7 Å². The Labute approximate surface area is 170 Å². The second-order valence-corrected chi connectivity index (χ2v) is 7.74. The number of imide groups is 1. The Morgan fingerprint density at radius 3 is 2.76 bits per heavy atom. The Kier molecular flexibility index (Phi) is 4.86. The predicted octanol–water partition coefficient (Wildman–Crippen LogP) is 3.07. The van der Waals surface area contributed by atoms with Crippen LogP contribution in [0.1, 0.15) is 30.4 Å². The first-order valence-corrected chi connectivity index (χ1v) is 9.90. The largest absolute Gasteiger partial charge is 0.339 e. The lowest BCUT2D eigenvalue weighted by molar-refractivity contribution is -0.131. The normalized spacial score (nSPS) is 18.7. The quantitative estimate of drug-likeness (QED) is 0.629. The highest BCUT2D eigenvalue weighted by Crippen LogP contribution is 2.29. The van der Waals surface area contributed by atoms with Crippen molar-refractivity contribution in [1.82, 2.24) is 20.4 Å². The van der Waals surface area contributed by atoms with Gasteiger partial charge in [-0.3, -0.25) is 9.69 Å². The van der Waals surface area contributed by atoms with E-state index < -0.39 is 11.6 Å². The Hall–Kier alpha value is -3.51. The molecule has 0 bridgehead atoms. The van der Waals surface area contributed by atoms with Gasteiger partial charge in [-0.25, -0.2) is 4.79 Å². The van der Waals surface area contributed by atoms with Crippen LogP contribution in [0, 0.1) is 11.3 Å². The average Bonchev–Trinajstić information content (AvgIpc) is 3.45. The van der Waals surface area contributed by atoms with E-state index in [4.69, 9.17) is 9.78 Å². The molecule has 146 valence electrons. The van der Waals surface area contributed by atoms with Gasteiger partial charge in [0.1, 0.15) is 5.54 Å². The van der Waals surface area contributed by atoms with Crippen molar-refractivity contribution in [3.63, 3.8) is 0 Å². The monoisotopic (exact) mass is 407 g/mol. The number of urea groups is 1. The molecule has 0 saturated carbocycles. The molecule has 9 heteroatoms. The van der Waals surface area contributed by atoms with Crippen LogP contribution in [-0.2, 0) is 16.8 Å². The highest BCUT2D eigenvalue weighted by molar-refractivity contribution is 7.13. The molecular weight excluding hydrogens is 390 g/mol. The molecule has 1 unspecified atom stereocenters. The van der Waals surface area contributed by atoms with Gasteiger partial charge in [-0.15, -0.1) is 11.3 Å². The first kappa shape index (κ1) is 18.8. The zero-order valence-electron chi connectivity index (χ0n) is 15.6. The molecule has 1 N–H and O–H groups in total. The van der Waals surface area contributed by atoms with Gasteiger partial charge in [-0.1, -0.05) is 23.4 Å². The third kappa shape index (κ3) is 3.50. The number of thiophene rings is 1. The van der Waals surface area contributed by atoms with Crippen LogP contribution >= 0.6 is 11.3 Å². The number of nitrogens with zero attached hydrogens (tertiary/aromatic N) is 4. The molecule has 3 amide bonds. The Morgan fingerprint density at radius 2 is 2.07 bits per heavy atom. The smallest absolute Gasteiger partial charge is 0.325 e. The predicted molar refractivity (Wildman–Crippen MR) is 105 cm³/mol. The molecule has 1 aromatic carbocycles. The SMILES string of the molecule is CC1(c2ccc(C#N)cc2)NC(=O)N(CCCc2nc(-c3cccs3)no2)C1=O. The zero-order valence-corrected chi connectivity index (χ0v) is 16.4. The Bertz CT molecular complexity index is 1080. The van der Waals surface area contributed by atoms with E-state index in [9.17, 15) is 9.59 Å². The molecule has 1 atom stereocenters. The molecule has 1 aliphatic heterocycles. The lowest BCUT2D eigenvalue weighted by atomic mass is 9.91. The van der Waals surface area contributed by atoms with Gasteiger partial charge >= 0.3 is 6.03 Å². The third-order valence-electron chi connectivity index (χ3n) is 4.85. The number of benzene rings is 1. The molecule has 8 nitrogen and oxygen atoms in total. The number of hydrogen-bond donors (Lipinski definition) is 1. The number of aryl methyl sites for hydroxylation is 1. The molecule has 1 fully saturated rings. The standard InChI is InChI=1S/C20H17N5O3S/c1-20(14-8-6-13(12-21)7-9-14)18(26)25(19(27)23-20)10-2-5-16-22-17(24-28-16)15-4-3-11-29-15/h3-4,6-9,11H,2,5,10H2,1H3,(H,23,27). The van der Waals surface area contributed by atoms with Crippen LogP contribution in [0.15, 0.2) is 46.3 Å². The molecule has 4 rings (SSSR count). The van der Waals surface area contributed by atoms with Gasteiger partial charge in [0.05, 0.1) is 16.5 Å². The Balaban J connectivity index is 1.40. The van der Waals surface area contributed by atoms with Crippen LogP contribution < -0.4 is 5.32 Å². The molecule has 2 aromatic heterocycles. The number of aromatic nitrogens is 2. The van der Waals surface area contributed by atoms with Crippen LogP contribution in [0.2, 0.25) is 0 Å². The third-order valence-corrected chi connectivity index (χ3v) is 5.71. The van der Waals surface area contributed by atoms with E-state index in [1.54, 1.807) is 31.2 Å². The minimum atomic E-state index is -1.15. The van der Waals surface area contributed by atoms with Gasteiger partial charge in [-0.2, -0.15) is 10.2 Å². The fourth-order valence-electron chi connectivity index (χ4n) is 3.22. The number of carbonyl (C=O) groups is 2. The summed E-state index contributed by atoms with van der Waals surface area (Å²) in [6.45, 7) is 1.91. The molecule has 3 aromatic rings. The van der Waals surface area contributed by atoms with Crippen molar-refractivity contribution in [2.75, 3.05) is 6.54 Å². The molecule has 0 aliphatic carbocycles. The fraction of sp³-hybridized carbons (Fsp3) is 0.250. The van der Waals surface area contributed by atoms with E-state index in [1.165, 1.54) is 16.2 Å². The summed E-state index contributed by atoms with van der Waals surface area (Å²) in [4.78, 5) is 31.8. The summed E-state index contributed by atoms with van der Waals surface area (Å²) in [5, 5.41) is 17.6. The number of nitrogens with one attached hydrogen (secondary N) is 1. The number of nitriles is 1. The summed E-state index contributed by atoms with van der Waals surface area (Å²) in [7, 11) is 0. The van der Waals surface area contributed by atoms with Crippen molar-refractivity contribution >= 4 is 23.3 Å². The van der Waals surface area contributed by atoms with Crippen LogP contribution in [0.5, 0.6) is 0 Å². The van der Waals surface area contributed by atoms with Gasteiger partial charge in [0, 0.05) is 13.0 Å². The zero-order chi connectivity index (χ0) is 20.4. The summed E-state index contributed by atoms with van der Waals surface area (Å²) < 4.78 is 5.25. The van der Waals surface area contributed by atoms with Crippen molar-refractivity contribution in [3.8, 4) is 16.8 Å². The number of carbonyl (C=O) groups excluding carboxylic acids is 2. The maximum atomic E-state index is 12.9. The molecule has 29 heavy (non-hydrogen) atoms. The minimum absolute atomic E-state index is 0.243. The average molecular weight is 407 g/mol. The first-order valence-electron chi connectivity index (χ1n) is 9.02. The van der Waals surface area contributed by atoms with Gasteiger partial charge < -0.3 is 9.84 Å². The second-order valence-electron chi connectivity index (χ2n) is 6.79. The number of hydrogen-bond acceptors (Lipinski definition) is 7. The van der Waals surface area contributed by atoms with Gasteiger partial charge in [0.25, 0.3) is 5.91 Å². The summed E-state index contributed by atoms with van der Waals surface area (Å²) in [6.07, 6.45) is 0.970. The maximum absolute atomic E-state index is 12.9. The molecule has 1 aliphatic rings. The van der Waals surface area contributed by atoms with E-state index in [-0.39, 0.29) is 12.5 Å². The van der Waals surface area contributed by atoms with Crippen molar-refractivity contribution in [1.29, 1.82) is 5.26 Å². The molecule has 0 spiro atoms. The summed E-state index contributed by atoms with van der Waals surface area (Å²) in [5.74, 6) is 0.686. The van der Waals surface area contributed by atoms with Crippen molar-refractivity contribution in [2.24, 2.45) is 0 Å². The van der Waals surface area contributed by atoms with Gasteiger partial charge in [0.15, 0.2) is 0 Å². The molecule has 3 heterocycles. The van der Waals surface area contributed by atoms with E-state index in [0.29, 0.717) is 35.7 Å². The summed E-state index contributed by atoms with van der Waals surface area (Å²) in [5.41, 5.74) is -0.0238. The maximum Gasteiger partial charge on any atom is 0.325 e. The van der Waals surface area contributed by atoms with E-state index in [0.717, 1.165) is 4.88 Å². The lowest BCUT2D eigenvalue weighted by Crippen LogP contribution is -2.41. The van der Waals surface area contributed by atoms with E-state index in [1.807, 2.05) is 23.6 Å². The number of rotatable bonds is 6. The highest BCUT2D eigenvalue weighted by atomic mass is 32.1. The topological polar surface area (TPSA) is 112 Å². The van der Waals surface area contributed by atoms with Crippen LogP contribution in [0.4, 0.5) is 4.79 Å². The minimum Gasteiger partial charge on any atom is -0.339 e. The van der Waals surface area contributed by atoms with E-state index >= 15 is 0 Å². The highest BCUT2D eigenvalue weighted by Gasteiger charge is 2.48. The van der Waals surface area contributed by atoms with Crippen molar-refractivity contribution in [2.45, 2.75) is 25.3 Å². The van der Waals surface area contributed by atoms with Crippen LogP contribution in [-0.4, -0.2) is 33.5 Å². The van der Waals surface area contributed by atoms with E-state index in [2.05, 4.69) is 15.5 Å². The van der Waals surface area contributed by atoms with Crippen molar-refractivity contribution in [3.05, 3.63) is 58.8 Å². The first-order chi connectivity index (χ1) is 14.0. The summed E-state index contributed by atoms with van der Waals surface area (Å²) >= 11 is 1.53.